The summed E-state index contributed by atoms with van der Waals surface area (Å²) >= 11 is 3.60. The van der Waals surface area contributed by atoms with Crippen LogP contribution in [-0.4, -0.2) is 44.3 Å². The number of rotatable bonds is 5. The van der Waals surface area contributed by atoms with Crippen LogP contribution in [0.4, 0.5) is 0 Å². The third-order valence-corrected chi connectivity index (χ3v) is 4.08. The van der Waals surface area contributed by atoms with E-state index in [4.69, 9.17) is 4.74 Å². The Labute approximate surface area is 118 Å². The maximum atomic E-state index is 5.34. The number of morpholine rings is 1. The van der Waals surface area contributed by atoms with Crippen LogP contribution in [0, 0.1) is 0 Å². The van der Waals surface area contributed by atoms with Crippen LogP contribution >= 0.6 is 15.9 Å². The van der Waals surface area contributed by atoms with E-state index in [9.17, 15) is 0 Å². The lowest BCUT2D eigenvalue weighted by Gasteiger charge is -2.27. The lowest BCUT2D eigenvalue weighted by molar-refractivity contribution is 0.0382. The fourth-order valence-corrected chi connectivity index (χ4v) is 2.83. The number of halogens is 1. The standard InChI is InChI=1S/C14H21BrN2O/c1-12(13-4-2-3-5-14(13)15)16-6-7-17-8-10-18-11-9-17/h2-5,12,16H,6-11H2,1H3. The highest BCUT2D eigenvalue weighted by molar-refractivity contribution is 9.10. The zero-order valence-corrected chi connectivity index (χ0v) is 12.4. The molecule has 18 heavy (non-hydrogen) atoms. The SMILES string of the molecule is CC(NCCN1CCOCC1)c1ccccc1Br. The molecule has 1 saturated heterocycles. The summed E-state index contributed by atoms with van der Waals surface area (Å²) in [6.45, 7) is 8.19. The van der Waals surface area contributed by atoms with Crippen molar-refractivity contribution in [2.75, 3.05) is 39.4 Å². The van der Waals surface area contributed by atoms with Gasteiger partial charge in [-0.2, -0.15) is 0 Å². The number of ether oxygens (including phenoxy) is 1. The Morgan fingerprint density at radius 1 is 1.33 bits per heavy atom. The third kappa shape index (κ3) is 4.05. The first kappa shape index (κ1) is 14.0. The molecular weight excluding hydrogens is 292 g/mol. The average molecular weight is 313 g/mol. The monoisotopic (exact) mass is 312 g/mol. The minimum atomic E-state index is 0.376. The Hall–Kier alpha value is -0.420. The van der Waals surface area contributed by atoms with Gasteiger partial charge in [0.05, 0.1) is 13.2 Å². The smallest absolute Gasteiger partial charge is 0.0594 e. The largest absolute Gasteiger partial charge is 0.379 e. The van der Waals surface area contributed by atoms with Gasteiger partial charge in [-0.15, -0.1) is 0 Å². The number of hydrogen-bond donors (Lipinski definition) is 1. The molecule has 1 fully saturated rings. The Morgan fingerprint density at radius 3 is 2.78 bits per heavy atom. The summed E-state index contributed by atoms with van der Waals surface area (Å²) in [7, 11) is 0. The zero-order valence-electron chi connectivity index (χ0n) is 10.9. The maximum Gasteiger partial charge on any atom is 0.0594 e. The first-order chi connectivity index (χ1) is 8.77. The van der Waals surface area contributed by atoms with Crippen molar-refractivity contribution in [3.05, 3.63) is 34.3 Å². The highest BCUT2D eigenvalue weighted by Gasteiger charge is 2.11. The summed E-state index contributed by atoms with van der Waals surface area (Å²) in [6, 6.07) is 8.77. The van der Waals surface area contributed by atoms with Crippen molar-refractivity contribution in [3.8, 4) is 0 Å². The van der Waals surface area contributed by atoms with Crippen LogP contribution in [0.2, 0.25) is 0 Å². The van der Waals surface area contributed by atoms with Crippen molar-refractivity contribution >= 4 is 15.9 Å². The highest BCUT2D eigenvalue weighted by Crippen LogP contribution is 2.22. The molecule has 1 aromatic carbocycles. The van der Waals surface area contributed by atoms with Gasteiger partial charge in [0, 0.05) is 36.7 Å². The quantitative estimate of drug-likeness (QED) is 0.903. The second kappa shape index (κ2) is 7.24. The van der Waals surface area contributed by atoms with Crippen LogP contribution in [0.5, 0.6) is 0 Å². The Morgan fingerprint density at radius 2 is 2.06 bits per heavy atom. The van der Waals surface area contributed by atoms with E-state index in [-0.39, 0.29) is 0 Å². The molecule has 0 amide bonds. The number of benzene rings is 1. The maximum absolute atomic E-state index is 5.34. The van der Waals surface area contributed by atoms with E-state index in [1.165, 1.54) is 10.0 Å². The van der Waals surface area contributed by atoms with Crippen molar-refractivity contribution in [1.82, 2.24) is 10.2 Å². The minimum Gasteiger partial charge on any atom is -0.379 e. The predicted molar refractivity (Wildman–Crippen MR) is 77.8 cm³/mol. The van der Waals surface area contributed by atoms with Gasteiger partial charge in [0.15, 0.2) is 0 Å². The summed E-state index contributed by atoms with van der Waals surface area (Å²) in [6.07, 6.45) is 0. The van der Waals surface area contributed by atoms with E-state index in [0.29, 0.717) is 6.04 Å². The summed E-state index contributed by atoms with van der Waals surface area (Å²) in [5, 5.41) is 3.57. The first-order valence-corrected chi connectivity index (χ1v) is 7.34. The van der Waals surface area contributed by atoms with Gasteiger partial charge in [0.1, 0.15) is 0 Å². The van der Waals surface area contributed by atoms with Crippen LogP contribution < -0.4 is 5.32 Å². The van der Waals surface area contributed by atoms with Crippen molar-refractivity contribution in [1.29, 1.82) is 0 Å². The third-order valence-electron chi connectivity index (χ3n) is 3.35. The predicted octanol–water partition coefficient (Wildman–Crippen LogP) is 2.43. The van der Waals surface area contributed by atoms with E-state index in [1.54, 1.807) is 0 Å². The van der Waals surface area contributed by atoms with Gasteiger partial charge in [-0.25, -0.2) is 0 Å². The summed E-state index contributed by atoms with van der Waals surface area (Å²) in [5.74, 6) is 0. The van der Waals surface area contributed by atoms with Crippen LogP contribution in [0.15, 0.2) is 28.7 Å². The molecular formula is C14H21BrN2O. The lowest BCUT2D eigenvalue weighted by atomic mass is 10.1. The molecule has 1 atom stereocenters. The molecule has 0 radical (unpaired) electrons. The molecule has 1 unspecified atom stereocenters. The first-order valence-electron chi connectivity index (χ1n) is 6.55. The lowest BCUT2D eigenvalue weighted by Crippen LogP contribution is -2.40. The molecule has 0 bridgehead atoms. The average Bonchev–Trinajstić information content (AvgIpc) is 2.40. The Bertz CT molecular complexity index is 367. The summed E-state index contributed by atoms with van der Waals surface area (Å²) in [5.41, 5.74) is 1.32. The molecule has 2 rings (SSSR count). The molecule has 0 aliphatic carbocycles. The molecule has 1 heterocycles. The van der Waals surface area contributed by atoms with Gasteiger partial charge in [-0.1, -0.05) is 34.1 Å². The molecule has 100 valence electrons. The molecule has 3 nitrogen and oxygen atoms in total. The molecule has 1 aliphatic rings. The van der Waals surface area contributed by atoms with E-state index in [1.807, 2.05) is 6.07 Å². The normalized spacial score (nSPS) is 18.8. The Balaban J connectivity index is 1.74. The van der Waals surface area contributed by atoms with Crippen molar-refractivity contribution in [2.24, 2.45) is 0 Å². The number of nitrogens with zero attached hydrogens (tertiary/aromatic N) is 1. The zero-order chi connectivity index (χ0) is 12.8. The molecule has 0 spiro atoms. The molecule has 1 aliphatic heterocycles. The molecule has 1 N–H and O–H groups in total. The fourth-order valence-electron chi connectivity index (χ4n) is 2.20. The molecule has 0 saturated carbocycles. The van der Waals surface area contributed by atoms with E-state index in [0.717, 1.165) is 39.4 Å². The van der Waals surface area contributed by atoms with Crippen LogP contribution in [0.25, 0.3) is 0 Å². The minimum absolute atomic E-state index is 0.376. The molecule has 1 aromatic rings. The van der Waals surface area contributed by atoms with E-state index in [2.05, 4.69) is 51.3 Å². The van der Waals surface area contributed by atoms with Gasteiger partial charge in [-0.3, -0.25) is 4.90 Å². The van der Waals surface area contributed by atoms with Crippen molar-refractivity contribution in [3.63, 3.8) is 0 Å². The van der Waals surface area contributed by atoms with Gasteiger partial charge in [0.25, 0.3) is 0 Å². The van der Waals surface area contributed by atoms with Gasteiger partial charge >= 0.3 is 0 Å². The van der Waals surface area contributed by atoms with E-state index < -0.39 is 0 Å². The van der Waals surface area contributed by atoms with Gasteiger partial charge in [0.2, 0.25) is 0 Å². The molecule has 4 heteroatoms. The van der Waals surface area contributed by atoms with Gasteiger partial charge in [-0.05, 0) is 18.6 Å². The highest BCUT2D eigenvalue weighted by atomic mass is 79.9. The van der Waals surface area contributed by atoms with Crippen LogP contribution in [0.3, 0.4) is 0 Å². The van der Waals surface area contributed by atoms with Gasteiger partial charge < -0.3 is 10.1 Å². The van der Waals surface area contributed by atoms with Crippen LogP contribution in [-0.2, 0) is 4.74 Å². The van der Waals surface area contributed by atoms with E-state index >= 15 is 0 Å². The second-order valence-electron chi connectivity index (χ2n) is 4.65. The molecule has 0 aromatic heterocycles. The number of hydrogen-bond acceptors (Lipinski definition) is 3. The Kier molecular flexibility index (Phi) is 5.63. The van der Waals surface area contributed by atoms with Crippen molar-refractivity contribution in [2.45, 2.75) is 13.0 Å². The second-order valence-corrected chi connectivity index (χ2v) is 5.51. The van der Waals surface area contributed by atoms with Crippen molar-refractivity contribution < 1.29 is 4.74 Å². The fraction of sp³-hybridized carbons (Fsp3) is 0.571. The number of nitrogens with one attached hydrogen (secondary N) is 1. The topological polar surface area (TPSA) is 24.5 Å². The van der Waals surface area contributed by atoms with Crippen LogP contribution in [0.1, 0.15) is 18.5 Å². The summed E-state index contributed by atoms with van der Waals surface area (Å²) < 4.78 is 6.52. The summed E-state index contributed by atoms with van der Waals surface area (Å²) in [4.78, 5) is 2.45.